The minimum atomic E-state index is 0.192. The number of nitrogens with zero attached hydrogens (tertiary/aromatic N) is 4. The Kier molecular flexibility index (Phi) is 6.26. The van der Waals surface area contributed by atoms with Crippen LogP contribution in [-0.4, -0.2) is 69.7 Å². The van der Waals surface area contributed by atoms with Crippen molar-refractivity contribution in [1.29, 1.82) is 0 Å². The number of aromatic nitrogens is 2. The monoisotopic (exact) mass is 334 g/mol. The van der Waals surface area contributed by atoms with Gasteiger partial charge in [-0.25, -0.2) is 4.98 Å². The molecule has 6 nitrogen and oxygen atoms in total. The number of imidazole rings is 1. The molecule has 2 aliphatic heterocycles. The maximum Gasteiger partial charge on any atom is 0.222 e. The summed E-state index contributed by atoms with van der Waals surface area (Å²) in [6.45, 7) is 5.94. The van der Waals surface area contributed by atoms with Gasteiger partial charge in [-0.3, -0.25) is 4.79 Å². The van der Waals surface area contributed by atoms with Crippen molar-refractivity contribution < 1.29 is 9.90 Å². The predicted molar refractivity (Wildman–Crippen MR) is 92.4 cm³/mol. The van der Waals surface area contributed by atoms with Crippen LogP contribution < -0.4 is 0 Å². The van der Waals surface area contributed by atoms with Gasteiger partial charge in [0.05, 0.1) is 6.33 Å². The van der Waals surface area contributed by atoms with E-state index >= 15 is 0 Å². The van der Waals surface area contributed by atoms with Gasteiger partial charge >= 0.3 is 0 Å². The van der Waals surface area contributed by atoms with E-state index < -0.39 is 0 Å². The van der Waals surface area contributed by atoms with Gasteiger partial charge in [-0.2, -0.15) is 0 Å². The van der Waals surface area contributed by atoms with Crippen molar-refractivity contribution in [2.75, 3.05) is 39.3 Å². The Morgan fingerprint density at radius 3 is 2.67 bits per heavy atom. The number of amides is 1. The maximum absolute atomic E-state index is 12.5. The molecule has 3 rings (SSSR count). The molecule has 2 saturated heterocycles. The first-order valence-corrected chi connectivity index (χ1v) is 9.33. The van der Waals surface area contributed by atoms with Crippen LogP contribution in [0, 0.1) is 11.8 Å². The van der Waals surface area contributed by atoms with Crippen LogP contribution in [-0.2, 0) is 11.3 Å². The summed E-state index contributed by atoms with van der Waals surface area (Å²) >= 11 is 0. The van der Waals surface area contributed by atoms with Crippen molar-refractivity contribution >= 4 is 5.91 Å². The summed E-state index contributed by atoms with van der Waals surface area (Å²) in [6.07, 6.45) is 10.8. The second-order valence-electron chi connectivity index (χ2n) is 7.27. The fourth-order valence-electron chi connectivity index (χ4n) is 4.02. The molecule has 0 saturated carbocycles. The highest BCUT2D eigenvalue weighted by molar-refractivity contribution is 5.76. The average molecular weight is 334 g/mol. The Morgan fingerprint density at radius 1 is 1.17 bits per heavy atom. The van der Waals surface area contributed by atoms with Gasteiger partial charge in [0.1, 0.15) is 0 Å². The van der Waals surface area contributed by atoms with E-state index in [-0.39, 0.29) is 18.4 Å². The summed E-state index contributed by atoms with van der Waals surface area (Å²) < 4.78 is 2.01. The summed E-state index contributed by atoms with van der Waals surface area (Å²) in [7, 11) is 0. The third-order valence-electron chi connectivity index (χ3n) is 5.47. The summed E-state index contributed by atoms with van der Waals surface area (Å²) in [5.74, 6) is 0.893. The molecule has 0 bridgehead atoms. The molecule has 2 atom stereocenters. The molecule has 6 heteroatoms. The van der Waals surface area contributed by atoms with Crippen LogP contribution in [0.4, 0.5) is 0 Å². The van der Waals surface area contributed by atoms with E-state index in [1.165, 1.54) is 32.4 Å². The molecule has 2 aliphatic rings. The van der Waals surface area contributed by atoms with Crippen LogP contribution >= 0.6 is 0 Å². The minimum Gasteiger partial charge on any atom is -0.396 e. The molecular formula is C18H30N4O2. The normalized spacial score (nSPS) is 25.3. The van der Waals surface area contributed by atoms with Crippen molar-refractivity contribution in [2.24, 2.45) is 11.8 Å². The lowest BCUT2D eigenvalue weighted by Crippen LogP contribution is -2.37. The first-order valence-electron chi connectivity index (χ1n) is 9.33. The number of likely N-dealkylation sites (tertiary alicyclic amines) is 2. The van der Waals surface area contributed by atoms with Crippen LogP contribution in [0.5, 0.6) is 0 Å². The van der Waals surface area contributed by atoms with Crippen LogP contribution in [0.25, 0.3) is 0 Å². The Labute approximate surface area is 144 Å². The number of aryl methyl sites for hydroxylation is 1. The number of hydrogen-bond donors (Lipinski definition) is 1. The third-order valence-corrected chi connectivity index (χ3v) is 5.47. The maximum atomic E-state index is 12.5. The molecular weight excluding hydrogens is 304 g/mol. The number of piperidine rings is 1. The zero-order chi connectivity index (χ0) is 16.8. The molecule has 24 heavy (non-hydrogen) atoms. The van der Waals surface area contributed by atoms with Gasteiger partial charge in [-0.05, 0) is 38.3 Å². The van der Waals surface area contributed by atoms with E-state index in [2.05, 4.69) is 9.88 Å². The van der Waals surface area contributed by atoms with Crippen LogP contribution in [0.3, 0.4) is 0 Å². The predicted octanol–water partition coefficient (Wildman–Crippen LogP) is 1.22. The molecule has 3 heterocycles. The SMILES string of the molecule is O=C(CCCn1ccnc1)N1C[C@@H](CO)[C@@H](CN2CCCCC2)C1. The molecule has 0 radical (unpaired) electrons. The Morgan fingerprint density at radius 2 is 1.96 bits per heavy atom. The fourth-order valence-corrected chi connectivity index (χ4v) is 4.02. The second kappa shape index (κ2) is 8.62. The van der Waals surface area contributed by atoms with Crippen LogP contribution in [0.1, 0.15) is 32.1 Å². The van der Waals surface area contributed by atoms with Gasteiger partial charge in [-0.15, -0.1) is 0 Å². The quantitative estimate of drug-likeness (QED) is 0.814. The van der Waals surface area contributed by atoms with Gasteiger partial charge in [0.2, 0.25) is 5.91 Å². The lowest BCUT2D eigenvalue weighted by Gasteiger charge is -2.30. The van der Waals surface area contributed by atoms with Crippen molar-refractivity contribution in [3.05, 3.63) is 18.7 Å². The van der Waals surface area contributed by atoms with Gasteiger partial charge in [-0.1, -0.05) is 6.42 Å². The highest BCUT2D eigenvalue weighted by atomic mass is 16.3. The van der Waals surface area contributed by atoms with Gasteiger partial charge in [0.15, 0.2) is 0 Å². The number of aliphatic hydroxyl groups excluding tert-OH is 1. The number of carbonyl (C=O) groups is 1. The van der Waals surface area contributed by atoms with E-state index in [0.717, 1.165) is 32.6 Å². The van der Waals surface area contributed by atoms with Crippen molar-refractivity contribution in [3.8, 4) is 0 Å². The Hall–Kier alpha value is -1.40. The highest BCUT2D eigenvalue weighted by Crippen LogP contribution is 2.26. The topological polar surface area (TPSA) is 61.6 Å². The van der Waals surface area contributed by atoms with Gasteiger partial charge < -0.3 is 19.5 Å². The van der Waals surface area contributed by atoms with E-state index in [1.807, 2.05) is 15.7 Å². The van der Waals surface area contributed by atoms with E-state index in [4.69, 9.17) is 0 Å². The Balaban J connectivity index is 1.44. The van der Waals surface area contributed by atoms with E-state index in [1.54, 1.807) is 12.5 Å². The lowest BCUT2D eigenvalue weighted by atomic mass is 9.95. The van der Waals surface area contributed by atoms with Crippen molar-refractivity contribution in [1.82, 2.24) is 19.4 Å². The smallest absolute Gasteiger partial charge is 0.222 e. The first kappa shape index (κ1) is 17.4. The minimum absolute atomic E-state index is 0.192. The summed E-state index contributed by atoms with van der Waals surface area (Å²) in [6, 6.07) is 0. The van der Waals surface area contributed by atoms with Gasteiger partial charge in [0.25, 0.3) is 0 Å². The summed E-state index contributed by atoms with van der Waals surface area (Å²) in [4.78, 5) is 21.0. The molecule has 0 spiro atoms. The Bertz CT molecular complexity index is 499. The first-order chi connectivity index (χ1) is 11.8. The zero-order valence-corrected chi connectivity index (χ0v) is 14.5. The zero-order valence-electron chi connectivity index (χ0n) is 14.5. The molecule has 0 aromatic carbocycles. The largest absolute Gasteiger partial charge is 0.396 e. The molecule has 0 aliphatic carbocycles. The molecule has 1 amide bonds. The summed E-state index contributed by atoms with van der Waals surface area (Å²) in [5, 5.41) is 9.70. The number of aliphatic hydroxyl groups is 1. The molecule has 1 aromatic rings. The average Bonchev–Trinajstić information content (AvgIpc) is 3.25. The standard InChI is InChI=1S/C18H30N4O2/c23-14-17-13-22(12-16(17)11-20-7-2-1-3-8-20)18(24)5-4-9-21-10-6-19-15-21/h6,10,15-17,23H,1-5,7-9,11-14H2/t16-,17-/m0/s1. The number of rotatable bonds is 7. The summed E-state index contributed by atoms with van der Waals surface area (Å²) in [5.41, 5.74) is 0. The second-order valence-corrected chi connectivity index (χ2v) is 7.27. The fraction of sp³-hybridized carbons (Fsp3) is 0.778. The van der Waals surface area contributed by atoms with E-state index in [0.29, 0.717) is 12.3 Å². The van der Waals surface area contributed by atoms with Gasteiger partial charge in [0, 0.05) is 57.5 Å². The molecule has 134 valence electrons. The molecule has 2 fully saturated rings. The van der Waals surface area contributed by atoms with Crippen molar-refractivity contribution in [3.63, 3.8) is 0 Å². The van der Waals surface area contributed by atoms with Crippen LogP contribution in [0.2, 0.25) is 0 Å². The molecule has 0 unspecified atom stereocenters. The highest BCUT2D eigenvalue weighted by Gasteiger charge is 2.35. The lowest BCUT2D eigenvalue weighted by molar-refractivity contribution is -0.130. The molecule has 1 aromatic heterocycles. The van der Waals surface area contributed by atoms with Crippen LogP contribution in [0.15, 0.2) is 18.7 Å². The number of hydrogen-bond acceptors (Lipinski definition) is 4. The van der Waals surface area contributed by atoms with Crippen molar-refractivity contribution in [2.45, 2.75) is 38.6 Å². The molecule has 1 N–H and O–H groups in total. The van der Waals surface area contributed by atoms with E-state index in [9.17, 15) is 9.90 Å². The third kappa shape index (κ3) is 4.57. The number of carbonyl (C=O) groups excluding carboxylic acids is 1.